The number of carbonyl (C=O) groups excluding carboxylic acids is 1. The van der Waals surface area contributed by atoms with E-state index in [1.54, 1.807) is 0 Å². The minimum absolute atomic E-state index is 0.381. The van der Waals surface area contributed by atoms with Crippen molar-refractivity contribution in [2.24, 2.45) is 5.92 Å². The molecule has 1 saturated heterocycles. The van der Waals surface area contributed by atoms with E-state index in [4.69, 9.17) is 0 Å². The van der Waals surface area contributed by atoms with Gasteiger partial charge in [-0.05, 0) is 39.9 Å². The molecule has 1 unspecified atom stereocenters. The van der Waals surface area contributed by atoms with E-state index in [1.807, 2.05) is 0 Å². The molecule has 1 heterocycles. The molecule has 0 N–H and O–H groups in total. The molecular formula is C15H29N3O. The number of hydrogen-bond donors (Lipinski definition) is 0. The summed E-state index contributed by atoms with van der Waals surface area (Å²) in [6, 6.07) is 0. The maximum atomic E-state index is 11.6. The van der Waals surface area contributed by atoms with Crippen LogP contribution in [0.2, 0.25) is 0 Å². The molecule has 2 fully saturated rings. The Labute approximate surface area is 117 Å². The van der Waals surface area contributed by atoms with Crippen LogP contribution >= 0.6 is 0 Å². The van der Waals surface area contributed by atoms with Crippen LogP contribution in [-0.4, -0.2) is 80.4 Å². The van der Waals surface area contributed by atoms with Crippen molar-refractivity contribution >= 4 is 5.78 Å². The molecule has 0 aromatic heterocycles. The Balaban J connectivity index is 1.59. The molecule has 1 saturated carbocycles. The fourth-order valence-electron chi connectivity index (χ4n) is 3.11. The van der Waals surface area contributed by atoms with Crippen LogP contribution in [0.4, 0.5) is 0 Å². The molecule has 1 aliphatic heterocycles. The van der Waals surface area contributed by atoms with Crippen molar-refractivity contribution < 1.29 is 4.79 Å². The number of nitrogens with zero attached hydrogens (tertiary/aromatic N) is 3. The molecule has 0 aromatic carbocycles. The lowest BCUT2D eigenvalue weighted by atomic mass is 10.0. The highest BCUT2D eigenvalue weighted by atomic mass is 16.1. The number of rotatable bonds is 6. The SMILES string of the molecule is CN(C)CCN1CCN(CCC2CCCC2=O)CC1. The fraction of sp³-hybridized carbons (Fsp3) is 0.933. The van der Waals surface area contributed by atoms with Gasteiger partial charge >= 0.3 is 0 Å². The first-order valence-electron chi connectivity index (χ1n) is 7.77. The number of piperazine rings is 1. The van der Waals surface area contributed by atoms with Crippen LogP contribution in [0.15, 0.2) is 0 Å². The van der Waals surface area contributed by atoms with E-state index in [9.17, 15) is 4.79 Å². The van der Waals surface area contributed by atoms with E-state index in [2.05, 4.69) is 28.8 Å². The topological polar surface area (TPSA) is 26.8 Å². The largest absolute Gasteiger partial charge is 0.308 e. The summed E-state index contributed by atoms with van der Waals surface area (Å²) in [5, 5.41) is 0. The van der Waals surface area contributed by atoms with Crippen LogP contribution in [0.25, 0.3) is 0 Å². The lowest BCUT2D eigenvalue weighted by molar-refractivity contribution is -0.120. The van der Waals surface area contributed by atoms with Crippen molar-refractivity contribution in [3.63, 3.8) is 0 Å². The summed E-state index contributed by atoms with van der Waals surface area (Å²) in [5.74, 6) is 0.899. The highest BCUT2D eigenvalue weighted by Gasteiger charge is 2.25. The maximum absolute atomic E-state index is 11.6. The summed E-state index contributed by atoms with van der Waals surface area (Å²) < 4.78 is 0. The Morgan fingerprint density at radius 2 is 1.74 bits per heavy atom. The second kappa shape index (κ2) is 7.36. The van der Waals surface area contributed by atoms with Crippen molar-refractivity contribution in [2.45, 2.75) is 25.7 Å². The number of ketones is 1. The zero-order chi connectivity index (χ0) is 13.7. The molecule has 4 heteroatoms. The van der Waals surface area contributed by atoms with Gasteiger partial charge in [0.05, 0.1) is 0 Å². The van der Waals surface area contributed by atoms with Crippen molar-refractivity contribution in [1.29, 1.82) is 0 Å². The number of hydrogen-bond acceptors (Lipinski definition) is 4. The summed E-state index contributed by atoms with van der Waals surface area (Å²) in [5.41, 5.74) is 0. The fourth-order valence-corrected chi connectivity index (χ4v) is 3.11. The van der Waals surface area contributed by atoms with Gasteiger partial charge in [-0.25, -0.2) is 0 Å². The second-order valence-corrected chi connectivity index (χ2v) is 6.33. The van der Waals surface area contributed by atoms with Crippen LogP contribution in [0.1, 0.15) is 25.7 Å². The number of carbonyl (C=O) groups is 1. The molecule has 110 valence electrons. The number of Topliss-reactive ketones (excluding diaryl/α,β-unsaturated/α-hetero) is 1. The van der Waals surface area contributed by atoms with Gasteiger partial charge in [0.15, 0.2) is 0 Å². The standard InChI is InChI=1S/C15H29N3O/c1-16(2)8-9-18-12-10-17(11-13-18)7-6-14-4-3-5-15(14)19/h14H,3-13H2,1-2H3. The van der Waals surface area contributed by atoms with E-state index in [1.165, 1.54) is 32.7 Å². The van der Waals surface area contributed by atoms with Gasteiger partial charge in [-0.2, -0.15) is 0 Å². The first kappa shape index (κ1) is 14.9. The normalized spacial score (nSPS) is 26.5. The Bertz CT molecular complexity index is 285. The number of likely N-dealkylation sites (N-methyl/N-ethyl adjacent to an activating group) is 1. The first-order valence-corrected chi connectivity index (χ1v) is 7.77. The molecule has 0 spiro atoms. The van der Waals surface area contributed by atoms with Gasteiger partial charge in [0, 0.05) is 51.6 Å². The van der Waals surface area contributed by atoms with Gasteiger partial charge < -0.3 is 9.80 Å². The highest BCUT2D eigenvalue weighted by Crippen LogP contribution is 2.24. The van der Waals surface area contributed by atoms with Crippen LogP contribution in [0.3, 0.4) is 0 Å². The zero-order valence-corrected chi connectivity index (χ0v) is 12.6. The predicted octanol–water partition coefficient (Wildman–Crippen LogP) is 0.925. The molecule has 0 amide bonds. The second-order valence-electron chi connectivity index (χ2n) is 6.33. The van der Waals surface area contributed by atoms with Crippen molar-refractivity contribution in [1.82, 2.24) is 14.7 Å². The molecule has 0 aromatic rings. The zero-order valence-electron chi connectivity index (χ0n) is 12.6. The molecule has 0 bridgehead atoms. The highest BCUT2D eigenvalue weighted by molar-refractivity contribution is 5.82. The van der Waals surface area contributed by atoms with Gasteiger partial charge in [0.25, 0.3) is 0 Å². The third-order valence-electron chi connectivity index (χ3n) is 4.55. The lowest BCUT2D eigenvalue weighted by Gasteiger charge is -2.35. The van der Waals surface area contributed by atoms with Crippen molar-refractivity contribution in [3.8, 4) is 0 Å². The minimum atomic E-state index is 0.381. The van der Waals surface area contributed by atoms with E-state index in [-0.39, 0.29) is 0 Å². The smallest absolute Gasteiger partial charge is 0.136 e. The third-order valence-corrected chi connectivity index (χ3v) is 4.55. The molecule has 1 atom stereocenters. The van der Waals surface area contributed by atoms with Gasteiger partial charge in [0.2, 0.25) is 0 Å². The van der Waals surface area contributed by atoms with E-state index in [0.717, 1.165) is 38.8 Å². The van der Waals surface area contributed by atoms with E-state index in [0.29, 0.717) is 11.7 Å². The minimum Gasteiger partial charge on any atom is -0.308 e. The summed E-state index contributed by atoms with van der Waals surface area (Å²) in [6.45, 7) is 8.18. The Morgan fingerprint density at radius 3 is 2.26 bits per heavy atom. The van der Waals surface area contributed by atoms with Gasteiger partial charge in [-0.1, -0.05) is 0 Å². The Kier molecular flexibility index (Phi) is 5.79. The van der Waals surface area contributed by atoms with Gasteiger partial charge in [0.1, 0.15) is 5.78 Å². The van der Waals surface area contributed by atoms with Crippen molar-refractivity contribution in [2.75, 3.05) is 59.9 Å². The van der Waals surface area contributed by atoms with Crippen LogP contribution in [0.5, 0.6) is 0 Å². The molecular weight excluding hydrogens is 238 g/mol. The van der Waals surface area contributed by atoms with Crippen LogP contribution < -0.4 is 0 Å². The van der Waals surface area contributed by atoms with Crippen LogP contribution in [-0.2, 0) is 4.79 Å². The van der Waals surface area contributed by atoms with E-state index >= 15 is 0 Å². The molecule has 2 rings (SSSR count). The van der Waals surface area contributed by atoms with Crippen LogP contribution in [0, 0.1) is 5.92 Å². The predicted molar refractivity (Wildman–Crippen MR) is 78.4 cm³/mol. The first-order chi connectivity index (χ1) is 9.15. The lowest BCUT2D eigenvalue weighted by Crippen LogP contribution is -2.48. The quantitative estimate of drug-likeness (QED) is 0.715. The molecule has 1 aliphatic carbocycles. The molecule has 2 aliphatic rings. The Morgan fingerprint density at radius 1 is 1.11 bits per heavy atom. The maximum Gasteiger partial charge on any atom is 0.136 e. The Hall–Kier alpha value is -0.450. The summed E-state index contributed by atoms with van der Waals surface area (Å²) >= 11 is 0. The third kappa shape index (κ3) is 4.86. The monoisotopic (exact) mass is 267 g/mol. The van der Waals surface area contributed by atoms with E-state index < -0.39 is 0 Å². The van der Waals surface area contributed by atoms with Crippen molar-refractivity contribution in [3.05, 3.63) is 0 Å². The average Bonchev–Trinajstić information content (AvgIpc) is 2.81. The summed E-state index contributed by atoms with van der Waals surface area (Å²) in [6.07, 6.45) is 4.20. The van der Waals surface area contributed by atoms with Gasteiger partial charge in [-0.3, -0.25) is 9.69 Å². The summed E-state index contributed by atoms with van der Waals surface area (Å²) in [7, 11) is 4.27. The molecule has 19 heavy (non-hydrogen) atoms. The summed E-state index contributed by atoms with van der Waals surface area (Å²) in [4.78, 5) is 19.0. The molecule has 0 radical (unpaired) electrons. The molecule has 4 nitrogen and oxygen atoms in total. The average molecular weight is 267 g/mol. The van der Waals surface area contributed by atoms with Gasteiger partial charge in [-0.15, -0.1) is 0 Å².